The van der Waals surface area contributed by atoms with Gasteiger partial charge in [-0.2, -0.15) is 0 Å². The third kappa shape index (κ3) is 10.5. The lowest BCUT2D eigenvalue weighted by molar-refractivity contribution is 1.08. The highest BCUT2D eigenvalue weighted by Gasteiger charge is 2.26. The molecule has 0 N–H and O–H groups in total. The summed E-state index contributed by atoms with van der Waals surface area (Å²) in [4.78, 5) is 18.9. The lowest BCUT2D eigenvalue weighted by atomic mass is 9.99. The Balaban J connectivity index is 0.0000000886. The molecule has 8 nitrogen and oxygen atoms in total. The summed E-state index contributed by atoms with van der Waals surface area (Å²) in [6, 6.07) is 130. The molecule has 28 rings (SSSR count). The van der Waals surface area contributed by atoms with E-state index in [1.54, 1.807) is 0 Å². The molecule has 12 aromatic heterocycles. The van der Waals surface area contributed by atoms with Crippen molar-refractivity contribution in [3.63, 3.8) is 0 Å². The van der Waals surface area contributed by atoms with Crippen molar-refractivity contribution >= 4 is 256 Å². The minimum atomic E-state index is 0.951. The van der Waals surface area contributed by atoms with Crippen LogP contribution in [0.5, 0.6) is 0 Å². The van der Waals surface area contributed by atoms with Crippen molar-refractivity contribution in [1.82, 2.24) is 38.2 Å². The predicted molar refractivity (Wildman–Crippen MR) is 516 cm³/mol. The normalized spacial score (nSPS) is 12.0. The third-order valence-corrected chi connectivity index (χ3v) is 28.8. The lowest BCUT2D eigenvalue weighted by Crippen LogP contribution is -1.96. The average Bonchev–Trinajstić information content (AvgIpc) is 1.54. The highest BCUT2D eigenvalue weighted by atomic mass is 32.1. The third-order valence-electron chi connectivity index (χ3n) is 24.1. The number of rotatable bonds is 4. The number of fused-ring (bicyclic) bond motifs is 36. The van der Waals surface area contributed by atoms with Crippen molar-refractivity contribution in [2.24, 2.45) is 0 Å². The monoisotopic (exact) mass is 1600 g/mol. The predicted octanol–water partition coefficient (Wildman–Crippen LogP) is 30.8. The topological polar surface area (TPSA) is 71.3 Å². The number of hydrogen-bond acceptors (Lipinski definition) is 8. The smallest absolute Gasteiger partial charge is 0.137 e. The van der Waals surface area contributed by atoms with Gasteiger partial charge in [0.15, 0.2) is 0 Å². The number of pyridine rings is 4. The molecule has 0 fully saturated rings. The number of thiophene rings is 4. The molecule has 28 aromatic rings. The molecule has 120 heavy (non-hydrogen) atoms. The van der Waals surface area contributed by atoms with Crippen LogP contribution < -0.4 is 0 Å². The highest BCUT2D eigenvalue weighted by Crippen LogP contribution is 2.52. The Hall–Kier alpha value is -14.8. The summed E-state index contributed by atoms with van der Waals surface area (Å²) in [6.07, 6.45) is 7.49. The minimum absolute atomic E-state index is 0.951. The van der Waals surface area contributed by atoms with E-state index >= 15 is 0 Å². The minimum Gasteiger partial charge on any atom is -0.294 e. The molecule has 0 aliphatic heterocycles. The zero-order valence-electron chi connectivity index (χ0n) is 64.2. The molecule has 0 aliphatic rings. The van der Waals surface area contributed by atoms with Gasteiger partial charge in [-0.1, -0.05) is 249 Å². The fraction of sp³-hybridized carbons (Fsp3) is 0. The van der Waals surface area contributed by atoms with Crippen LogP contribution in [-0.2, 0) is 0 Å². The van der Waals surface area contributed by atoms with Gasteiger partial charge in [-0.15, -0.1) is 45.3 Å². The number of aromatic nitrogens is 8. The largest absolute Gasteiger partial charge is 0.294 e. The number of nitrogens with zero attached hydrogens (tertiary/aromatic N) is 8. The molecule has 0 saturated heterocycles. The Labute approximate surface area is 701 Å². The summed E-state index contributed by atoms with van der Waals surface area (Å²) >= 11 is 7.52. The summed E-state index contributed by atoms with van der Waals surface area (Å²) < 4.78 is 20.0. The van der Waals surface area contributed by atoms with Crippen molar-refractivity contribution in [1.29, 1.82) is 0 Å². The molecule has 560 valence electrons. The van der Waals surface area contributed by atoms with Crippen LogP contribution in [0.4, 0.5) is 0 Å². The fourth-order valence-electron chi connectivity index (χ4n) is 19.1. The highest BCUT2D eigenvalue weighted by molar-refractivity contribution is 7.28. The molecule has 0 unspecified atom stereocenters. The van der Waals surface area contributed by atoms with Gasteiger partial charge in [-0.25, -0.2) is 19.9 Å². The van der Waals surface area contributed by atoms with E-state index in [2.05, 4.69) is 358 Å². The van der Waals surface area contributed by atoms with Gasteiger partial charge in [0.1, 0.15) is 23.3 Å². The second-order valence-corrected chi connectivity index (χ2v) is 34.8. The molecule has 0 amide bonds. The van der Waals surface area contributed by atoms with Gasteiger partial charge in [0, 0.05) is 145 Å². The van der Waals surface area contributed by atoms with Crippen molar-refractivity contribution in [2.45, 2.75) is 0 Å². The Morgan fingerprint density at radius 3 is 1.17 bits per heavy atom. The Morgan fingerprint density at radius 1 is 0.167 bits per heavy atom. The van der Waals surface area contributed by atoms with Crippen molar-refractivity contribution in [2.75, 3.05) is 0 Å². The average molecular weight is 1600 g/mol. The molecule has 0 spiro atoms. The van der Waals surface area contributed by atoms with E-state index in [-0.39, 0.29) is 0 Å². The Bertz CT molecular complexity index is 9010. The molecule has 0 radical (unpaired) electrons. The molecule has 0 saturated carbocycles. The van der Waals surface area contributed by atoms with Gasteiger partial charge in [-0.3, -0.25) is 18.3 Å². The van der Waals surface area contributed by atoms with E-state index in [0.717, 1.165) is 23.3 Å². The second-order valence-electron chi connectivity index (χ2n) is 30.6. The summed E-state index contributed by atoms with van der Waals surface area (Å²) in [5.74, 6) is 3.82. The van der Waals surface area contributed by atoms with Crippen LogP contribution in [-0.4, -0.2) is 38.2 Å². The van der Waals surface area contributed by atoms with Gasteiger partial charge >= 0.3 is 0 Å². The van der Waals surface area contributed by atoms with Crippen molar-refractivity contribution in [3.05, 3.63) is 389 Å². The van der Waals surface area contributed by atoms with E-state index in [4.69, 9.17) is 19.9 Å². The van der Waals surface area contributed by atoms with Crippen LogP contribution in [0.2, 0.25) is 0 Å². The summed E-state index contributed by atoms with van der Waals surface area (Å²) in [5, 5.41) is 31.2. The molecule has 12 heterocycles. The zero-order chi connectivity index (χ0) is 78.6. The molecule has 0 aliphatic carbocycles. The Morgan fingerprint density at radius 2 is 0.567 bits per heavy atom. The number of para-hydroxylation sites is 2. The first-order chi connectivity index (χ1) is 59.6. The van der Waals surface area contributed by atoms with Gasteiger partial charge in [0.2, 0.25) is 0 Å². The second kappa shape index (κ2) is 27.4. The summed E-state index contributed by atoms with van der Waals surface area (Å²) in [7, 11) is 0. The first-order valence-electron chi connectivity index (χ1n) is 40.3. The van der Waals surface area contributed by atoms with Crippen LogP contribution in [0.15, 0.2) is 389 Å². The lowest BCUT2D eigenvalue weighted by Gasteiger charge is -2.10. The van der Waals surface area contributed by atoms with Crippen LogP contribution in [0.3, 0.4) is 0 Å². The molecule has 0 bridgehead atoms. The van der Waals surface area contributed by atoms with Crippen LogP contribution >= 0.6 is 45.3 Å². The maximum Gasteiger partial charge on any atom is 0.137 e. The first kappa shape index (κ1) is 68.5. The van der Waals surface area contributed by atoms with E-state index in [1.165, 1.54) is 211 Å². The van der Waals surface area contributed by atoms with E-state index in [1.807, 2.05) is 94.4 Å². The van der Waals surface area contributed by atoms with Crippen molar-refractivity contribution < 1.29 is 0 Å². The number of benzene rings is 16. The zero-order valence-corrected chi connectivity index (χ0v) is 67.4. The van der Waals surface area contributed by atoms with E-state index in [9.17, 15) is 0 Å². The van der Waals surface area contributed by atoms with Gasteiger partial charge in [0.25, 0.3) is 0 Å². The van der Waals surface area contributed by atoms with Crippen LogP contribution in [0, 0.1) is 0 Å². The van der Waals surface area contributed by atoms with Crippen LogP contribution in [0.25, 0.3) is 234 Å². The standard InChI is InChI=1S/4C27H16N2S/c1-2-10-18-17(9-1)24-20-12-4-6-14-22(20)30-27(24)25-19-11-3-5-13-21(19)29(26(18)25)23-15-7-8-16-28-23;1-2-10-18-17(9-1)24-19-11-3-5-13-21(19)29(23-15-7-8-16-28-23)26(24)27-25(18)20-12-4-6-14-22(20)30-27;1-2-8-18-17(7-1)12-15-22-25(18)21-14-13-20-19-9-3-4-10-23(19)30-27(20)26(21)29(22)24-11-5-6-16-28-24;1-2-8-18-14-23-20(13-17(18)7-1)21-16-26-22(19-9-3-4-10-25(19)30-26)15-24(21)29(23)27-11-5-6-12-28-27/h4*1-16H. The van der Waals surface area contributed by atoms with E-state index in [0.29, 0.717) is 0 Å². The van der Waals surface area contributed by atoms with Gasteiger partial charge in [-0.05, 0) is 153 Å². The van der Waals surface area contributed by atoms with Crippen molar-refractivity contribution in [3.8, 4) is 23.3 Å². The summed E-state index contributed by atoms with van der Waals surface area (Å²) in [6.45, 7) is 0. The van der Waals surface area contributed by atoms with Gasteiger partial charge < -0.3 is 0 Å². The quantitative estimate of drug-likeness (QED) is 0.176. The van der Waals surface area contributed by atoms with E-state index < -0.39 is 0 Å². The van der Waals surface area contributed by atoms with Gasteiger partial charge in [0.05, 0.1) is 53.5 Å². The van der Waals surface area contributed by atoms with Crippen LogP contribution in [0.1, 0.15) is 0 Å². The maximum absolute atomic E-state index is 4.73. The molecular formula is C108H64N8S4. The number of hydrogen-bond donors (Lipinski definition) is 0. The Kier molecular flexibility index (Phi) is 15.7. The fourth-order valence-corrected chi connectivity index (χ4v) is 24.0. The maximum atomic E-state index is 4.73. The summed E-state index contributed by atoms with van der Waals surface area (Å²) in [5.41, 5.74) is 9.74. The molecular weight excluding hydrogens is 1540 g/mol. The molecule has 12 heteroatoms. The first-order valence-corrected chi connectivity index (χ1v) is 43.6. The molecule has 0 atom stereocenters. The SMILES string of the molecule is c1ccc(-n2c3cc4ccccc4cc3c3cc4sc5ccccc5c4cc32)nc1.c1ccc(-n2c3ccc4ccccc4c3c3ccc4c5ccccc5sc4c32)nc1.c1ccc(-n2c3ccccc3c3c4ccccc4c4c5ccccc5sc4c32)nc1.c1ccc(-n2c3ccccc3c3c4sc5ccccc5c4c4ccccc4c32)nc1. The molecule has 16 aromatic carbocycles.